The van der Waals surface area contributed by atoms with E-state index in [1.54, 1.807) is 0 Å². The molecule has 0 spiro atoms. The van der Waals surface area contributed by atoms with E-state index in [1.807, 2.05) is 0 Å². The fraction of sp³-hybridized carbons (Fsp3) is 0.333. The summed E-state index contributed by atoms with van der Waals surface area (Å²) >= 11 is 5.75. The largest absolute Gasteiger partial charge is 0.508 e. The lowest BCUT2D eigenvalue weighted by atomic mass is 10.0. The lowest BCUT2D eigenvalue weighted by molar-refractivity contribution is 0.0244. The minimum atomic E-state index is -1.13. The quantitative estimate of drug-likeness (QED) is 0.590. The highest BCUT2D eigenvalue weighted by atomic mass is 35.5. The Kier molecular flexibility index (Phi) is 3.71. The Hall–Kier alpha value is -0.810. The number of nitrogens with two attached hydrogens (primary N) is 1. The predicted molar refractivity (Wildman–Crippen MR) is 53.1 cm³/mol. The smallest absolute Gasteiger partial charge is 0.117 e. The number of hydrogen-bond acceptors (Lipinski definition) is 4. The highest BCUT2D eigenvalue weighted by molar-refractivity contribution is 6.31. The number of halogens is 1. The van der Waals surface area contributed by atoms with Gasteiger partial charge in [-0.2, -0.15) is 0 Å². The Labute approximate surface area is 86.6 Å². The molecule has 0 aliphatic carbocycles. The molecule has 0 bridgehead atoms. The Morgan fingerprint density at radius 2 is 2.00 bits per heavy atom. The highest BCUT2D eigenvalue weighted by Crippen LogP contribution is 2.28. The van der Waals surface area contributed by atoms with Crippen LogP contribution in [0.1, 0.15) is 11.7 Å². The summed E-state index contributed by atoms with van der Waals surface area (Å²) in [5.41, 5.74) is 5.54. The molecule has 2 unspecified atom stereocenters. The van der Waals surface area contributed by atoms with Gasteiger partial charge in [-0.25, -0.2) is 0 Å². The molecule has 0 saturated heterocycles. The maximum absolute atomic E-state index is 9.56. The second kappa shape index (κ2) is 4.61. The van der Waals surface area contributed by atoms with Crippen molar-refractivity contribution >= 4 is 11.6 Å². The second-order valence-corrected chi connectivity index (χ2v) is 3.36. The molecule has 5 heteroatoms. The summed E-state index contributed by atoms with van der Waals surface area (Å²) < 4.78 is 0. The van der Waals surface area contributed by atoms with Crippen LogP contribution in [0.3, 0.4) is 0 Å². The number of aliphatic hydroxyl groups is 2. The van der Waals surface area contributed by atoms with E-state index in [0.29, 0.717) is 5.56 Å². The molecule has 0 aromatic heterocycles. The normalized spacial score (nSPS) is 15.1. The van der Waals surface area contributed by atoms with Crippen molar-refractivity contribution in [2.75, 3.05) is 6.54 Å². The molecule has 0 saturated carbocycles. The van der Waals surface area contributed by atoms with E-state index >= 15 is 0 Å². The van der Waals surface area contributed by atoms with Crippen molar-refractivity contribution in [3.05, 3.63) is 28.8 Å². The zero-order valence-electron chi connectivity index (χ0n) is 7.39. The number of aromatic hydroxyl groups is 1. The van der Waals surface area contributed by atoms with Crippen molar-refractivity contribution in [1.82, 2.24) is 0 Å². The van der Waals surface area contributed by atoms with Crippen LogP contribution < -0.4 is 5.73 Å². The van der Waals surface area contributed by atoms with E-state index < -0.39 is 12.2 Å². The van der Waals surface area contributed by atoms with Gasteiger partial charge in [0.25, 0.3) is 0 Å². The molecule has 0 fully saturated rings. The molecule has 5 N–H and O–H groups in total. The molecule has 0 heterocycles. The summed E-state index contributed by atoms with van der Waals surface area (Å²) in [5.74, 6) is 0.00758. The van der Waals surface area contributed by atoms with Crippen molar-refractivity contribution in [2.24, 2.45) is 5.73 Å². The average Bonchev–Trinajstić information content (AvgIpc) is 2.15. The number of hydrogen-bond donors (Lipinski definition) is 4. The Balaban J connectivity index is 2.95. The second-order valence-electron chi connectivity index (χ2n) is 2.95. The molecule has 2 atom stereocenters. The van der Waals surface area contributed by atoms with Crippen LogP contribution in [-0.2, 0) is 0 Å². The summed E-state index contributed by atoms with van der Waals surface area (Å²) in [6.45, 7) is -0.0572. The van der Waals surface area contributed by atoms with Crippen molar-refractivity contribution in [2.45, 2.75) is 12.2 Å². The van der Waals surface area contributed by atoms with Crippen molar-refractivity contribution in [3.63, 3.8) is 0 Å². The molecule has 1 aromatic carbocycles. The third-order valence-electron chi connectivity index (χ3n) is 1.91. The van der Waals surface area contributed by atoms with E-state index in [4.69, 9.17) is 22.4 Å². The van der Waals surface area contributed by atoms with Crippen LogP contribution in [0.25, 0.3) is 0 Å². The number of aliphatic hydroxyl groups excluding tert-OH is 2. The van der Waals surface area contributed by atoms with E-state index in [9.17, 15) is 10.2 Å². The van der Waals surface area contributed by atoms with Gasteiger partial charge in [0.2, 0.25) is 0 Å². The SMILES string of the molecule is NCC(O)C(O)c1ccc(O)cc1Cl. The minimum Gasteiger partial charge on any atom is -0.508 e. The van der Waals surface area contributed by atoms with E-state index in [1.165, 1.54) is 18.2 Å². The van der Waals surface area contributed by atoms with Gasteiger partial charge in [0, 0.05) is 12.1 Å². The Bertz CT molecular complexity index is 319. The number of phenols is 1. The zero-order chi connectivity index (χ0) is 10.7. The Morgan fingerprint density at radius 3 is 2.50 bits per heavy atom. The molecule has 0 aliphatic heterocycles. The lowest BCUT2D eigenvalue weighted by Crippen LogP contribution is -2.27. The Morgan fingerprint density at radius 1 is 1.36 bits per heavy atom. The van der Waals surface area contributed by atoms with Crippen molar-refractivity contribution < 1.29 is 15.3 Å². The maximum Gasteiger partial charge on any atom is 0.117 e. The summed E-state index contributed by atoms with van der Waals surface area (Å²) in [4.78, 5) is 0. The topological polar surface area (TPSA) is 86.7 Å². The van der Waals surface area contributed by atoms with Crippen LogP contribution in [0.2, 0.25) is 5.02 Å². The molecule has 4 nitrogen and oxygen atoms in total. The number of benzene rings is 1. The van der Waals surface area contributed by atoms with Gasteiger partial charge in [0.05, 0.1) is 11.1 Å². The van der Waals surface area contributed by atoms with Gasteiger partial charge in [-0.1, -0.05) is 17.7 Å². The molecule has 0 amide bonds. The molecule has 0 aliphatic rings. The van der Waals surface area contributed by atoms with Crippen LogP contribution in [0.4, 0.5) is 0 Å². The summed E-state index contributed by atoms with van der Waals surface area (Å²) in [6, 6.07) is 4.12. The molecule has 0 radical (unpaired) electrons. The van der Waals surface area contributed by atoms with E-state index in [0.717, 1.165) is 0 Å². The van der Waals surface area contributed by atoms with E-state index in [2.05, 4.69) is 0 Å². The van der Waals surface area contributed by atoms with Gasteiger partial charge in [0.15, 0.2) is 0 Å². The van der Waals surface area contributed by atoms with Gasteiger partial charge in [-0.3, -0.25) is 0 Å². The molecule has 14 heavy (non-hydrogen) atoms. The first-order valence-corrected chi connectivity index (χ1v) is 4.48. The van der Waals surface area contributed by atoms with Gasteiger partial charge < -0.3 is 21.1 Å². The monoisotopic (exact) mass is 217 g/mol. The standard InChI is InChI=1S/C9H12ClNO3/c10-7-3-5(12)1-2-6(7)9(14)8(13)4-11/h1-3,8-9,12-14H,4,11H2. The van der Waals surface area contributed by atoms with Crippen LogP contribution in [-0.4, -0.2) is 28.0 Å². The van der Waals surface area contributed by atoms with Crippen LogP contribution in [0, 0.1) is 0 Å². The zero-order valence-corrected chi connectivity index (χ0v) is 8.15. The first-order chi connectivity index (χ1) is 6.56. The van der Waals surface area contributed by atoms with Crippen LogP contribution in [0.15, 0.2) is 18.2 Å². The van der Waals surface area contributed by atoms with Gasteiger partial charge in [-0.05, 0) is 12.1 Å². The van der Waals surface area contributed by atoms with Gasteiger partial charge >= 0.3 is 0 Å². The lowest BCUT2D eigenvalue weighted by Gasteiger charge is -2.17. The number of rotatable bonds is 3. The van der Waals surface area contributed by atoms with Crippen LogP contribution in [0.5, 0.6) is 5.75 Å². The first kappa shape index (κ1) is 11.3. The van der Waals surface area contributed by atoms with Crippen molar-refractivity contribution in [1.29, 1.82) is 0 Å². The summed E-state index contributed by atoms with van der Waals surface area (Å²) in [5, 5.41) is 28.1. The summed E-state index contributed by atoms with van der Waals surface area (Å²) in [7, 11) is 0. The molecular weight excluding hydrogens is 206 g/mol. The molecule has 78 valence electrons. The summed E-state index contributed by atoms with van der Waals surface area (Å²) in [6.07, 6.45) is -2.19. The van der Waals surface area contributed by atoms with E-state index in [-0.39, 0.29) is 17.3 Å². The minimum absolute atomic E-state index is 0.00758. The molecule has 1 rings (SSSR count). The fourth-order valence-corrected chi connectivity index (χ4v) is 1.38. The van der Waals surface area contributed by atoms with Crippen LogP contribution >= 0.6 is 11.6 Å². The van der Waals surface area contributed by atoms with Gasteiger partial charge in [0.1, 0.15) is 11.9 Å². The van der Waals surface area contributed by atoms with Crippen molar-refractivity contribution in [3.8, 4) is 5.75 Å². The third-order valence-corrected chi connectivity index (χ3v) is 2.24. The first-order valence-electron chi connectivity index (χ1n) is 4.11. The molecule has 1 aromatic rings. The third kappa shape index (κ3) is 2.36. The molecular formula is C9H12ClNO3. The highest BCUT2D eigenvalue weighted by Gasteiger charge is 2.19. The van der Waals surface area contributed by atoms with Gasteiger partial charge in [-0.15, -0.1) is 0 Å². The fourth-order valence-electron chi connectivity index (χ4n) is 1.09. The average molecular weight is 218 g/mol. The number of phenolic OH excluding ortho intramolecular Hbond substituents is 1. The maximum atomic E-state index is 9.56. The predicted octanol–water partition coefficient (Wildman–Crippen LogP) is 0.399.